The molecule has 0 radical (unpaired) electrons. The number of ether oxygens (including phenoxy) is 3. The summed E-state index contributed by atoms with van der Waals surface area (Å²) < 4.78 is 17.2. The van der Waals surface area contributed by atoms with Crippen molar-refractivity contribution in [3.05, 3.63) is 54.1 Å². The van der Waals surface area contributed by atoms with Crippen molar-refractivity contribution >= 4 is 5.69 Å². The van der Waals surface area contributed by atoms with Gasteiger partial charge in [-0.2, -0.15) is 0 Å². The fourth-order valence-corrected chi connectivity index (χ4v) is 3.23. The van der Waals surface area contributed by atoms with Crippen LogP contribution in [0.3, 0.4) is 0 Å². The highest BCUT2D eigenvalue weighted by molar-refractivity contribution is 5.48. The summed E-state index contributed by atoms with van der Waals surface area (Å²) in [5.41, 5.74) is 2.63. The number of hydrogen-bond donors (Lipinski definition) is 0. The number of morpholine rings is 1. The Labute approximate surface area is 142 Å². The predicted molar refractivity (Wildman–Crippen MR) is 94.1 cm³/mol. The van der Waals surface area contributed by atoms with E-state index in [0.29, 0.717) is 6.61 Å². The molecule has 0 unspecified atom stereocenters. The third-order valence-electron chi connectivity index (χ3n) is 4.64. The van der Waals surface area contributed by atoms with E-state index in [9.17, 15) is 0 Å². The van der Waals surface area contributed by atoms with Gasteiger partial charge >= 0.3 is 0 Å². The van der Waals surface area contributed by atoms with E-state index in [1.165, 1.54) is 11.3 Å². The normalized spacial score (nSPS) is 20.0. The molecule has 4 heteroatoms. The van der Waals surface area contributed by atoms with E-state index in [0.717, 1.165) is 50.6 Å². The summed E-state index contributed by atoms with van der Waals surface area (Å²) in [6.07, 6.45) is 2.09. The number of nitrogens with zero attached hydrogens (tertiary/aromatic N) is 1. The molecule has 1 fully saturated rings. The van der Waals surface area contributed by atoms with Crippen molar-refractivity contribution < 1.29 is 14.2 Å². The van der Waals surface area contributed by atoms with E-state index in [1.54, 1.807) is 0 Å². The largest absolute Gasteiger partial charge is 0.486 e. The van der Waals surface area contributed by atoms with Crippen molar-refractivity contribution in [1.82, 2.24) is 0 Å². The first-order chi connectivity index (χ1) is 11.9. The van der Waals surface area contributed by atoms with E-state index in [4.69, 9.17) is 14.2 Å². The SMILES string of the molecule is c1ccc2c(c1)OC[C@H](CCc1ccc(N3CCOCC3)cc1)O2. The molecule has 0 N–H and O–H groups in total. The highest BCUT2D eigenvalue weighted by Gasteiger charge is 2.20. The molecule has 4 nitrogen and oxygen atoms in total. The molecule has 24 heavy (non-hydrogen) atoms. The molecule has 2 aliphatic heterocycles. The first kappa shape index (κ1) is 15.3. The molecule has 2 aromatic carbocycles. The van der Waals surface area contributed by atoms with Crippen molar-refractivity contribution in [2.45, 2.75) is 18.9 Å². The van der Waals surface area contributed by atoms with Crippen LogP contribution < -0.4 is 14.4 Å². The highest BCUT2D eigenvalue weighted by Crippen LogP contribution is 2.31. The van der Waals surface area contributed by atoms with E-state index < -0.39 is 0 Å². The summed E-state index contributed by atoms with van der Waals surface area (Å²) in [6, 6.07) is 16.8. The summed E-state index contributed by atoms with van der Waals surface area (Å²) in [6.45, 7) is 4.23. The van der Waals surface area contributed by atoms with Gasteiger partial charge in [0.1, 0.15) is 12.7 Å². The van der Waals surface area contributed by atoms with Gasteiger partial charge in [0.25, 0.3) is 0 Å². The zero-order valence-corrected chi connectivity index (χ0v) is 13.8. The molecule has 0 spiro atoms. The number of fused-ring (bicyclic) bond motifs is 1. The van der Waals surface area contributed by atoms with Gasteiger partial charge < -0.3 is 19.1 Å². The number of para-hydroxylation sites is 2. The minimum Gasteiger partial charge on any atom is -0.486 e. The summed E-state index contributed by atoms with van der Waals surface area (Å²) in [4.78, 5) is 2.38. The van der Waals surface area contributed by atoms with Crippen LogP contribution in [0.5, 0.6) is 11.5 Å². The van der Waals surface area contributed by atoms with Gasteiger partial charge in [-0.05, 0) is 42.7 Å². The van der Waals surface area contributed by atoms with E-state index in [2.05, 4.69) is 29.2 Å². The average molecular weight is 325 g/mol. The molecule has 126 valence electrons. The molecule has 4 rings (SSSR count). The van der Waals surface area contributed by atoms with Gasteiger partial charge in [-0.15, -0.1) is 0 Å². The molecule has 0 amide bonds. The maximum absolute atomic E-state index is 6.03. The van der Waals surface area contributed by atoms with Gasteiger partial charge in [0.05, 0.1) is 13.2 Å². The summed E-state index contributed by atoms with van der Waals surface area (Å²) in [5, 5.41) is 0. The minimum atomic E-state index is 0.124. The van der Waals surface area contributed by atoms with Crippen LogP contribution in [0.4, 0.5) is 5.69 Å². The van der Waals surface area contributed by atoms with Crippen LogP contribution in [-0.2, 0) is 11.2 Å². The van der Waals surface area contributed by atoms with Crippen LogP contribution in [-0.4, -0.2) is 39.0 Å². The first-order valence-corrected chi connectivity index (χ1v) is 8.68. The molecule has 2 heterocycles. The van der Waals surface area contributed by atoms with Crippen molar-refractivity contribution in [3.63, 3.8) is 0 Å². The van der Waals surface area contributed by atoms with E-state index in [1.807, 2.05) is 24.3 Å². The number of rotatable bonds is 4. The molecule has 1 atom stereocenters. The smallest absolute Gasteiger partial charge is 0.161 e. The van der Waals surface area contributed by atoms with Gasteiger partial charge in [0.2, 0.25) is 0 Å². The number of anilines is 1. The van der Waals surface area contributed by atoms with Crippen molar-refractivity contribution in [1.29, 1.82) is 0 Å². The van der Waals surface area contributed by atoms with Crippen LogP contribution in [0.1, 0.15) is 12.0 Å². The highest BCUT2D eigenvalue weighted by atomic mass is 16.6. The fraction of sp³-hybridized carbons (Fsp3) is 0.400. The lowest BCUT2D eigenvalue weighted by atomic mass is 10.1. The molecule has 0 aliphatic carbocycles. The Kier molecular flexibility index (Phi) is 4.56. The second-order valence-corrected chi connectivity index (χ2v) is 6.30. The van der Waals surface area contributed by atoms with Gasteiger partial charge in [0, 0.05) is 18.8 Å². The van der Waals surface area contributed by atoms with Crippen LogP contribution in [0.2, 0.25) is 0 Å². The fourth-order valence-electron chi connectivity index (χ4n) is 3.23. The molecule has 0 saturated carbocycles. The second kappa shape index (κ2) is 7.14. The molecule has 0 aromatic heterocycles. The Morgan fingerprint density at radius 1 is 0.917 bits per heavy atom. The number of aryl methyl sites for hydroxylation is 1. The molecular formula is C20H23NO3. The quantitative estimate of drug-likeness (QED) is 0.863. The molecule has 2 aliphatic rings. The van der Waals surface area contributed by atoms with Crippen molar-refractivity contribution in [2.75, 3.05) is 37.8 Å². The van der Waals surface area contributed by atoms with Gasteiger partial charge in [-0.1, -0.05) is 24.3 Å². The Bertz CT molecular complexity index is 665. The molecular weight excluding hydrogens is 302 g/mol. The van der Waals surface area contributed by atoms with Crippen LogP contribution >= 0.6 is 0 Å². The zero-order chi connectivity index (χ0) is 16.2. The van der Waals surface area contributed by atoms with Crippen LogP contribution in [0.15, 0.2) is 48.5 Å². The lowest BCUT2D eigenvalue weighted by Crippen LogP contribution is -2.36. The summed E-state index contributed by atoms with van der Waals surface area (Å²) in [7, 11) is 0. The predicted octanol–water partition coefficient (Wildman–Crippen LogP) is 3.30. The number of hydrogen-bond acceptors (Lipinski definition) is 4. The lowest BCUT2D eigenvalue weighted by Gasteiger charge is -2.29. The van der Waals surface area contributed by atoms with E-state index in [-0.39, 0.29) is 6.10 Å². The van der Waals surface area contributed by atoms with Gasteiger partial charge in [-0.25, -0.2) is 0 Å². The molecule has 1 saturated heterocycles. The Morgan fingerprint density at radius 3 is 2.46 bits per heavy atom. The zero-order valence-electron chi connectivity index (χ0n) is 13.8. The Hall–Kier alpha value is -2.20. The second-order valence-electron chi connectivity index (χ2n) is 6.30. The Balaban J connectivity index is 1.31. The first-order valence-electron chi connectivity index (χ1n) is 8.68. The van der Waals surface area contributed by atoms with Crippen molar-refractivity contribution in [2.24, 2.45) is 0 Å². The van der Waals surface area contributed by atoms with Crippen LogP contribution in [0.25, 0.3) is 0 Å². The average Bonchev–Trinajstić information content (AvgIpc) is 2.67. The lowest BCUT2D eigenvalue weighted by molar-refractivity contribution is 0.0851. The maximum Gasteiger partial charge on any atom is 0.161 e. The van der Waals surface area contributed by atoms with E-state index >= 15 is 0 Å². The molecule has 0 bridgehead atoms. The van der Waals surface area contributed by atoms with Gasteiger partial charge in [0.15, 0.2) is 11.5 Å². The monoisotopic (exact) mass is 325 g/mol. The third kappa shape index (κ3) is 3.49. The Morgan fingerprint density at radius 2 is 1.67 bits per heavy atom. The topological polar surface area (TPSA) is 30.9 Å². The van der Waals surface area contributed by atoms with Gasteiger partial charge in [-0.3, -0.25) is 0 Å². The number of benzene rings is 2. The minimum absolute atomic E-state index is 0.124. The molecule has 2 aromatic rings. The van der Waals surface area contributed by atoms with Crippen molar-refractivity contribution in [3.8, 4) is 11.5 Å². The summed E-state index contributed by atoms with van der Waals surface area (Å²) >= 11 is 0. The third-order valence-corrected chi connectivity index (χ3v) is 4.64. The maximum atomic E-state index is 6.03. The summed E-state index contributed by atoms with van der Waals surface area (Å²) in [5.74, 6) is 1.71. The standard InChI is InChI=1S/C20H23NO3/c1-2-4-20-19(3-1)23-15-18(24-20)10-7-16-5-8-17(9-6-16)21-11-13-22-14-12-21/h1-6,8-9,18H,7,10-15H2/t18-/m0/s1. The van der Waals surface area contributed by atoms with Crippen LogP contribution in [0, 0.1) is 0 Å².